The predicted molar refractivity (Wildman–Crippen MR) is 141 cm³/mol. The van der Waals surface area contributed by atoms with Crippen LogP contribution in [0.15, 0.2) is 0 Å². The summed E-state index contributed by atoms with van der Waals surface area (Å²) in [5.41, 5.74) is 0. The summed E-state index contributed by atoms with van der Waals surface area (Å²) in [4.78, 5) is 0. The molecule has 0 aromatic heterocycles. The molecule has 6 heteroatoms. The van der Waals surface area contributed by atoms with Crippen LogP contribution in [-0.2, 0) is 18.9 Å². The Hall–Kier alpha value is -0.240. The second-order valence-electron chi connectivity index (χ2n) is 9.55. The minimum Gasteiger partial charge on any atom is -0.394 e. The van der Waals surface area contributed by atoms with E-state index in [2.05, 4.69) is 6.92 Å². The van der Waals surface area contributed by atoms with Crippen molar-refractivity contribution in [1.82, 2.24) is 0 Å². The Morgan fingerprint density at radius 2 is 1.03 bits per heavy atom. The van der Waals surface area contributed by atoms with E-state index in [1.165, 1.54) is 103 Å². The lowest BCUT2D eigenvalue weighted by Crippen LogP contribution is -2.26. The van der Waals surface area contributed by atoms with Crippen molar-refractivity contribution in [2.75, 3.05) is 53.4 Å². The maximum Gasteiger partial charge on any atom is 0.101 e. The molecule has 0 aliphatic heterocycles. The number of aliphatic hydroxyl groups excluding tert-OH is 2. The highest BCUT2D eigenvalue weighted by Crippen LogP contribution is 2.14. The molecule has 0 radical (unpaired) electrons. The fraction of sp³-hybridized carbons (Fsp3) is 1.00. The minimum absolute atomic E-state index is 0.0105. The Balaban J connectivity index is 3.36. The Bertz CT molecular complexity index is 369. The highest BCUT2D eigenvalue weighted by Gasteiger charge is 2.10. The van der Waals surface area contributed by atoms with Gasteiger partial charge in [-0.05, 0) is 6.42 Å². The van der Waals surface area contributed by atoms with Gasteiger partial charge < -0.3 is 29.2 Å². The fourth-order valence-electron chi connectivity index (χ4n) is 4.08. The number of unbranched alkanes of at least 4 members (excludes halogenated alkanes) is 15. The van der Waals surface area contributed by atoms with Gasteiger partial charge in [-0.15, -0.1) is 0 Å². The van der Waals surface area contributed by atoms with Crippen LogP contribution in [0, 0.1) is 0 Å². The molecule has 206 valence electrons. The van der Waals surface area contributed by atoms with Gasteiger partial charge in [0.15, 0.2) is 0 Å². The van der Waals surface area contributed by atoms with Crippen LogP contribution in [0.4, 0.5) is 0 Å². The molecule has 2 atom stereocenters. The highest BCUT2D eigenvalue weighted by atomic mass is 16.5. The number of aliphatic hydroxyl groups is 2. The second kappa shape index (κ2) is 29.0. The topological polar surface area (TPSA) is 77.4 Å². The number of methoxy groups -OCH3 is 1. The largest absolute Gasteiger partial charge is 0.394 e. The third kappa shape index (κ3) is 26.4. The second-order valence-corrected chi connectivity index (χ2v) is 9.55. The van der Waals surface area contributed by atoms with Crippen molar-refractivity contribution in [2.45, 2.75) is 128 Å². The lowest BCUT2D eigenvalue weighted by molar-refractivity contribution is -0.0557. The van der Waals surface area contributed by atoms with Gasteiger partial charge in [-0.2, -0.15) is 0 Å². The van der Waals surface area contributed by atoms with Gasteiger partial charge in [-0.25, -0.2) is 0 Å². The van der Waals surface area contributed by atoms with Crippen LogP contribution in [-0.4, -0.2) is 75.8 Å². The Morgan fingerprint density at radius 3 is 1.53 bits per heavy atom. The lowest BCUT2D eigenvalue weighted by Gasteiger charge is -2.17. The maximum atomic E-state index is 9.89. The van der Waals surface area contributed by atoms with Gasteiger partial charge in [-0.1, -0.05) is 110 Å². The maximum absolute atomic E-state index is 9.89. The van der Waals surface area contributed by atoms with Gasteiger partial charge in [0.25, 0.3) is 0 Å². The summed E-state index contributed by atoms with van der Waals surface area (Å²) >= 11 is 0. The first kappa shape index (κ1) is 33.8. The normalized spacial score (nSPS) is 13.4. The van der Waals surface area contributed by atoms with E-state index in [1.54, 1.807) is 7.11 Å². The molecule has 0 rings (SSSR count). The first-order valence-electron chi connectivity index (χ1n) is 14.3. The molecule has 0 aliphatic rings. The van der Waals surface area contributed by atoms with E-state index < -0.39 is 6.10 Å². The van der Waals surface area contributed by atoms with Crippen LogP contribution in [0.1, 0.15) is 116 Å². The lowest BCUT2D eigenvalue weighted by atomic mass is 10.0. The molecule has 0 amide bonds. The predicted octanol–water partition coefficient (Wildman–Crippen LogP) is 6.06. The first-order chi connectivity index (χ1) is 16.7. The van der Waals surface area contributed by atoms with Crippen LogP contribution in [0.25, 0.3) is 0 Å². The van der Waals surface area contributed by atoms with Crippen molar-refractivity contribution in [3.05, 3.63) is 0 Å². The number of rotatable bonds is 29. The van der Waals surface area contributed by atoms with Gasteiger partial charge in [0.05, 0.1) is 52.4 Å². The molecule has 6 nitrogen and oxygen atoms in total. The Kier molecular flexibility index (Phi) is 28.8. The van der Waals surface area contributed by atoms with E-state index in [0.29, 0.717) is 26.4 Å². The zero-order valence-corrected chi connectivity index (χ0v) is 22.7. The van der Waals surface area contributed by atoms with Crippen LogP contribution in [0.2, 0.25) is 0 Å². The van der Waals surface area contributed by atoms with Gasteiger partial charge >= 0.3 is 0 Å². The van der Waals surface area contributed by atoms with Crippen LogP contribution < -0.4 is 0 Å². The number of ether oxygens (including phenoxy) is 4. The summed E-state index contributed by atoms with van der Waals surface area (Å²) < 4.78 is 21.5. The SMILES string of the molecule is CCCCCCCCCCCCCCCCCCC(COCC(O)COCCOCCO)OC. The smallest absolute Gasteiger partial charge is 0.101 e. The molecule has 0 aromatic rings. The monoisotopic (exact) mass is 490 g/mol. The van der Waals surface area contributed by atoms with Crippen LogP contribution in [0.3, 0.4) is 0 Å². The van der Waals surface area contributed by atoms with E-state index >= 15 is 0 Å². The van der Waals surface area contributed by atoms with E-state index in [9.17, 15) is 5.11 Å². The van der Waals surface area contributed by atoms with Crippen molar-refractivity contribution >= 4 is 0 Å². The zero-order valence-electron chi connectivity index (χ0n) is 22.7. The van der Waals surface area contributed by atoms with Crippen molar-refractivity contribution in [1.29, 1.82) is 0 Å². The van der Waals surface area contributed by atoms with Crippen LogP contribution in [0.5, 0.6) is 0 Å². The summed E-state index contributed by atoms with van der Waals surface area (Å²) in [7, 11) is 1.73. The minimum atomic E-state index is -0.647. The molecular weight excluding hydrogens is 432 g/mol. The molecule has 0 saturated carbocycles. The molecule has 0 heterocycles. The van der Waals surface area contributed by atoms with Crippen molar-refractivity contribution in [3.63, 3.8) is 0 Å². The summed E-state index contributed by atoms with van der Waals surface area (Å²) in [6.07, 6.45) is 22.5. The molecular formula is C28H58O6. The third-order valence-corrected chi connectivity index (χ3v) is 6.24. The van der Waals surface area contributed by atoms with Gasteiger partial charge in [0, 0.05) is 7.11 Å². The number of hydrogen-bond donors (Lipinski definition) is 2. The molecule has 0 saturated heterocycles. The summed E-state index contributed by atoms with van der Waals surface area (Å²) in [6.45, 7) is 4.39. The zero-order chi connectivity index (χ0) is 25.0. The van der Waals surface area contributed by atoms with E-state index in [-0.39, 0.29) is 25.9 Å². The highest BCUT2D eigenvalue weighted by molar-refractivity contribution is 4.59. The van der Waals surface area contributed by atoms with E-state index in [0.717, 1.165) is 6.42 Å². The molecule has 0 aliphatic carbocycles. The average molecular weight is 491 g/mol. The van der Waals surface area contributed by atoms with E-state index in [4.69, 9.17) is 24.1 Å². The molecule has 0 spiro atoms. The Labute approximate surface area is 211 Å². The van der Waals surface area contributed by atoms with Gasteiger partial charge in [-0.3, -0.25) is 0 Å². The summed E-state index contributed by atoms with van der Waals surface area (Å²) in [5, 5.41) is 18.5. The van der Waals surface area contributed by atoms with E-state index in [1.807, 2.05) is 0 Å². The molecule has 2 N–H and O–H groups in total. The molecule has 34 heavy (non-hydrogen) atoms. The fourth-order valence-corrected chi connectivity index (χ4v) is 4.08. The van der Waals surface area contributed by atoms with Crippen molar-refractivity contribution in [2.24, 2.45) is 0 Å². The van der Waals surface area contributed by atoms with Crippen molar-refractivity contribution in [3.8, 4) is 0 Å². The van der Waals surface area contributed by atoms with Gasteiger partial charge in [0.1, 0.15) is 6.10 Å². The van der Waals surface area contributed by atoms with Gasteiger partial charge in [0.2, 0.25) is 0 Å². The summed E-state index contributed by atoms with van der Waals surface area (Å²) in [5.74, 6) is 0. The molecule has 2 unspecified atom stereocenters. The molecule has 0 bridgehead atoms. The standard InChI is InChI=1S/C28H58O6/c1-3-4-5-6-7-8-9-10-11-12-13-14-15-16-17-18-19-28(31-2)26-34-25-27(30)24-33-23-22-32-21-20-29/h27-30H,3-26H2,1-2H3. The molecule has 0 fully saturated rings. The first-order valence-corrected chi connectivity index (χ1v) is 14.3. The summed E-state index contributed by atoms with van der Waals surface area (Å²) in [6, 6.07) is 0. The number of hydrogen-bond acceptors (Lipinski definition) is 6. The molecule has 0 aromatic carbocycles. The van der Waals surface area contributed by atoms with Crippen molar-refractivity contribution < 1.29 is 29.2 Å². The quantitative estimate of drug-likeness (QED) is 0.124. The van der Waals surface area contributed by atoms with Crippen LogP contribution >= 0.6 is 0 Å². The Morgan fingerprint density at radius 1 is 0.559 bits per heavy atom. The third-order valence-electron chi connectivity index (χ3n) is 6.24. The average Bonchev–Trinajstić information content (AvgIpc) is 2.84.